The summed E-state index contributed by atoms with van der Waals surface area (Å²) in [5.41, 5.74) is 1.60. The summed E-state index contributed by atoms with van der Waals surface area (Å²) in [4.78, 5) is 10.4. The van der Waals surface area contributed by atoms with Crippen molar-refractivity contribution in [1.29, 1.82) is 0 Å². The minimum absolute atomic E-state index is 0.331. The normalized spacial score (nSPS) is 10.1. The lowest BCUT2D eigenvalue weighted by molar-refractivity contribution is -0.104. The molecule has 0 fully saturated rings. The number of allylic oxidation sites excluding steroid dienone is 1. The van der Waals surface area contributed by atoms with Crippen LogP contribution in [0.3, 0.4) is 0 Å². The molecule has 1 rings (SSSR count). The molecular weight excluding hydrogens is 204 g/mol. The van der Waals surface area contributed by atoms with Gasteiger partial charge in [-0.1, -0.05) is 26.0 Å². The number of rotatable bonds is 4. The van der Waals surface area contributed by atoms with E-state index in [-0.39, 0.29) is 6.79 Å². The maximum atomic E-state index is 10.4. The van der Waals surface area contributed by atoms with Crippen LogP contribution in [-0.2, 0) is 4.79 Å². The molecule has 0 unspecified atom stereocenters. The molecule has 0 aliphatic rings. The Bertz CT molecular complexity index is 326. The first-order valence-electron chi connectivity index (χ1n) is 5.23. The van der Waals surface area contributed by atoms with E-state index < -0.39 is 0 Å². The number of carbonyl (C=O) groups excluding carboxylic acids is 1. The standard InChI is InChI=1S/C11H12O3.C2H6/c1-9(7-12)6-10-2-4-11(5-3-10)14-8-13;1-2/h2-7,13H,8H2,1H3;1-2H3/b9-6-;. The van der Waals surface area contributed by atoms with E-state index >= 15 is 0 Å². The highest BCUT2D eigenvalue weighted by atomic mass is 16.6. The molecule has 0 spiro atoms. The summed E-state index contributed by atoms with van der Waals surface area (Å²) in [6, 6.07) is 7.11. The predicted octanol–water partition coefficient (Wildman–Crippen LogP) is 2.64. The Morgan fingerprint density at radius 3 is 2.31 bits per heavy atom. The van der Waals surface area contributed by atoms with Gasteiger partial charge in [-0.3, -0.25) is 4.79 Å². The van der Waals surface area contributed by atoms with Crippen molar-refractivity contribution in [2.45, 2.75) is 20.8 Å². The maximum Gasteiger partial charge on any atom is 0.186 e. The summed E-state index contributed by atoms with van der Waals surface area (Å²) < 4.78 is 4.86. The molecule has 0 amide bonds. The van der Waals surface area contributed by atoms with E-state index in [0.717, 1.165) is 11.8 Å². The van der Waals surface area contributed by atoms with Crippen molar-refractivity contribution in [3.63, 3.8) is 0 Å². The summed E-state index contributed by atoms with van der Waals surface area (Å²) in [6.45, 7) is 5.41. The fourth-order valence-corrected chi connectivity index (χ4v) is 1.03. The van der Waals surface area contributed by atoms with Gasteiger partial charge in [0.25, 0.3) is 0 Å². The van der Waals surface area contributed by atoms with Crippen LogP contribution in [0.5, 0.6) is 5.75 Å². The molecule has 16 heavy (non-hydrogen) atoms. The first kappa shape index (κ1) is 14.4. The first-order valence-corrected chi connectivity index (χ1v) is 5.23. The molecule has 0 atom stereocenters. The van der Waals surface area contributed by atoms with E-state index in [9.17, 15) is 4.79 Å². The Morgan fingerprint density at radius 1 is 1.31 bits per heavy atom. The Balaban J connectivity index is 0.00000106. The fourth-order valence-electron chi connectivity index (χ4n) is 1.03. The van der Waals surface area contributed by atoms with Crippen molar-refractivity contribution in [3.05, 3.63) is 35.4 Å². The van der Waals surface area contributed by atoms with Crippen LogP contribution in [0.2, 0.25) is 0 Å². The molecule has 0 saturated heterocycles. The number of aliphatic hydroxyl groups excluding tert-OH is 1. The highest BCUT2D eigenvalue weighted by Gasteiger charge is 1.92. The molecule has 0 bridgehead atoms. The van der Waals surface area contributed by atoms with Gasteiger partial charge in [0.05, 0.1) is 0 Å². The summed E-state index contributed by atoms with van der Waals surface area (Å²) >= 11 is 0. The van der Waals surface area contributed by atoms with Gasteiger partial charge in [0.1, 0.15) is 12.0 Å². The summed E-state index contributed by atoms with van der Waals surface area (Å²) in [7, 11) is 0. The summed E-state index contributed by atoms with van der Waals surface area (Å²) in [5, 5.41) is 8.49. The zero-order valence-electron chi connectivity index (χ0n) is 9.93. The van der Waals surface area contributed by atoms with Crippen molar-refractivity contribution < 1.29 is 14.6 Å². The molecule has 1 aromatic rings. The van der Waals surface area contributed by atoms with Crippen LogP contribution in [0.4, 0.5) is 0 Å². The van der Waals surface area contributed by atoms with Crippen LogP contribution in [0, 0.1) is 0 Å². The molecule has 1 N–H and O–H groups in total. The Kier molecular flexibility index (Phi) is 7.81. The first-order chi connectivity index (χ1) is 7.76. The molecular formula is C13H18O3. The number of aldehydes is 1. The van der Waals surface area contributed by atoms with Crippen LogP contribution < -0.4 is 4.74 Å². The number of hydrogen-bond donors (Lipinski definition) is 1. The lowest BCUT2D eigenvalue weighted by atomic mass is 10.1. The van der Waals surface area contributed by atoms with Crippen molar-refractivity contribution in [3.8, 4) is 5.75 Å². The second kappa shape index (κ2) is 8.68. The zero-order chi connectivity index (χ0) is 12.4. The monoisotopic (exact) mass is 222 g/mol. The third-order valence-corrected chi connectivity index (χ3v) is 1.69. The minimum atomic E-state index is -0.331. The highest BCUT2D eigenvalue weighted by molar-refractivity contribution is 5.80. The second-order valence-corrected chi connectivity index (χ2v) is 2.85. The summed E-state index contributed by atoms with van der Waals surface area (Å²) in [5.74, 6) is 0.605. The largest absolute Gasteiger partial charge is 0.468 e. The fraction of sp³-hybridized carbons (Fsp3) is 0.308. The number of benzene rings is 1. The number of carbonyl (C=O) groups is 1. The third-order valence-electron chi connectivity index (χ3n) is 1.69. The van der Waals surface area contributed by atoms with Crippen LogP contribution in [0.15, 0.2) is 29.8 Å². The van der Waals surface area contributed by atoms with E-state index in [1.54, 1.807) is 25.1 Å². The SMILES string of the molecule is C/C(C=O)=C/c1ccc(OCO)cc1.CC. The lowest BCUT2D eigenvalue weighted by Crippen LogP contribution is -1.93. The van der Waals surface area contributed by atoms with Crippen LogP contribution in [0.1, 0.15) is 26.3 Å². The minimum Gasteiger partial charge on any atom is -0.468 e. The summed E-state index contributed by atoms with van der Waals surface area (Å²) in [6.07, 6.45) is 2.58. The van der Waals surface area contributed by atoms with E-state index in [1.165, 1.54) is 0 Å². The van der Waals surface area contributed by atoms with Gasteiger partial charge in [-0.15, -0.1) is 0 Å². The van der Waals surface area contributed by atoms with Gasteiger partial charge in [0.2, 0.25) is 0 Å². The van der Waals surface area contributed by atoms with Crippen molar-refractivity contribution in [2.75, 3.05) is 6.79 Å². The van der Waals surface area contributed by atoms with Crippen LogP contribution in [-0.4, -0.2) is 18.2 Å². The molecule has 0 saturated carbocycles. The van der Waals surface area contributed by atoms with Gasteiger partial charge in [0.15, 0.2) is 6.79 Å². The highest BCUT2D eigenvalue weighted by Crippen LogP contribution is 2.13. The van der Waals surface area contributed by atoms with Crippen molar-refractivity contribution in [2.24, 2.45) is 0 Å². The van der Waals surface area contributed by atoms with Gasteiger partial charge in [-0.05, 0) is 36.3 Å². The molecule has 1 aromatic carbocycles. The molecule has 0 aliphatic heterocycles. The van der Waals surface area contributed by atoms with Crippen molar-refractivity contribution >= 4 is 12.4 Å². The van der Waals surface area contributed by atoms with Gasteiger partial charge in [-0.2, -0.15) is 0 Å². The Hall–Kier alpha value is -1.61. The van der Waals surface area contributed by atoms with Gasteiger partial charge >= 0.3 is 0 Å². The van der Waals surface area contributed by atoms with E-state index in [4.69, 9.17) is 9.84 Å². The number of ether oxygens (including phenoxy) is 1. The Labute approximate surface area is 96.4 Å². The van der Waals surface area contributed by atoms with E-state index in [0.29, 0.717) is 11.3 Å². The van der Waals surface area contributed by atoms with Crippen molar-refractivity contribution in [1.82, 2.24) is 0 Å². The van der Waals surface area contributed by atoms with Gasteiger partial charge in [-0.25, -0.2) is 0 Å². The predicted molar refractivity (Wildman–Crippen MR) is 65.2 cm³/mol. The molecule has 3 heteroatoms. The zero-order valence-corrected chi connectivity index (χ0v) is 9.93. The maximum absolute atomic E-state index is 10.4. The topological polar surface area (TPSA) is 46.5 Å². The number of aliphatic hydroxyl groups is 1. The quantitative estimate of drug-likeness (QED) is 0.484. The number of hydrogen-bond acceptors (Lipinski definition) is 3. The van der Waals surface area contributed by atoms with Crippen LogP contribution in [0.25, 0.3) is 6.08 Å². The van der Waals surface area contributed by atoms with Crippen LogP contribution >= 0.6 is 0 Å². The molecule has 3 nitrogen and oxygen atoms in total. The lowest BCUT2D eigenvalue weighted by Gasteiger charge is -2.01. The third kappa shape index (κ3) is 5.32. The Morgan fingerprint density at radius 2 is 1.88 bits per heavy atom. The average Bonchev–Trinajstić information content (AvgIpc) is 2.34. The second-order valence-electron chi connectivity index (χ2n) is 2.85. The molecule has 0 heterocycles. The van der Waals surface area contributed by atoms with E-state index in [1.807, 2.05) is 26.0 Å². The smallest absolute Gasteiger partial charge is 0.186 e. The van der Waals surface area contributed by atoms with Gasteiger partial charge in [0, 0.05) is 0 Å². The van der Waals surface area contributed by atoms with E-state index in [2.05, 4.69) is 0 Å². The average molecular weight is 222 g/mol. The molecule has 0 aromatic heterocycles. The molecule has 88 valence electrons. The van der Waals surface area contributed by atoms with Gasteiger partial charge < -0.3 is 9.84 Å². The molecule has 0 radical (unpaired) electrons. The molecule has 0 aliphatic carbocycles.